The van der Waals surface area contributed by atoms with Crippen LogP contribution in [0.5, 0.6) is 0 Å². The number of nitrogens with zero attached hydrogens (tertiary/aromatic N) is 1. The molecule has 6 nitrogen and oxygen atoms in total. The van der Waals surface area contributed by atoms with Gasteiger partial charge < -0.3 is 10.2 Å². The molecule has 1 atom stereocenters. The topological polar surface area (TPSA) is 78.5 Å². The molecule has 0 spiro atoms. The van der Waals surface area contributed by atoms with Gasteiger partial charge in [0.2, 0.25) is 10.0 Å². The Bertz CT molecular complexity index is 622. The lowest BCUT2D eigenvalue weighted by Crippen LogP contribution is -2.52. The van der Waals surface area contributed by atoms with E-state index in [1.807, 2.05) is 6.92 Å². The summed E-state index contributed by atoms with van der Waals surface area (Å²) in [4.78, 5) is 14.4. The number of hydrogen-bond acceptors (Lipinski definition) is 4. The van der Waals surface area contributed by atoms with Crippen LogP contribution < -0.4 is 10.0 Å². The second-order valence-corrected chi connectivity index (χ2v) is 6.85. The molecule has 1 aromatic carbocycles. The summed E-state index contributed by atoms with van der Waals surface area (Å²) in [7, 11) is -3.54. The quantitative estimate of drug-likeness (QED) is 0.846. The summed E-state index contributed by atoms with van der Waals surface area (Å²) in [5, 5.41) is 3.22. The largest absolute Gasteiger partial charge is 0.333 e. The minimum absolute atomic E-state index is 0. The minimum Gasteiger partial charge on any atom is -0.333 e. The van der Waals surface area contributed by atoms with E-state index in [9.17, 15) is 13.2 Å². The lowest BCUT2D eigenvalue weighted by Gasteiger charge is -2.34. The number of piperazine rings is 1. The zero-order valence-corrected chi connectivity index (χ0v) is 14.3. The van der Waals surface area contributed by atoms with Crippen LogP contribution in [0.25, 0.3) is 0 Å². The van der Waals surface area contributed by atoms with Crippen molar-refractivity contribution in [3.8, 4) is 0 Å². The molecule has 0 aromatic heterocycles. The smallest absolute Gasteiger partial charge is 0.254 e. The molecular weight excluding hydrogens is 326 g/mol. The van der Waals surface area contributed by atoms with E-state index in [0.717, 1.165) is 13.1 Å². The molecule has 1 aromatic rings. The van der Waals surface area contributed by atoms with Gasteiger partial charge >= 0.3 is 0 Å². The molecular formula is C14H22ClN3O3S. The Balaban J connectivity index is 0.00000242. The summed E-state index contributed by atoms with van der Waals surface area (Å²) in [6.07, 6.45) is 0. The van der Waals surface area contributed by atoms with Crippen molar-refractivity contribution in [1.29, 1.82) is 0 Å². The van der Waals surface area contributed by atoms with Gasteiger partial charge in [0.25, 0.3) is 5.91 Å². The first kappa shape index (κ1) is 18.9. The van der Waals surface area contributed by atoms with Crippen molar-refractivity contribution < 1.29 is 13.2 Å². The fraction of sp³-hybridized carbons (Fsp3) is 0.500. The van der Waals surface area contributed by atoms with Gasteiger partial charge in [0.05, 0.1) is 4.90 Å². The highest BCUT2D eigenvalue weighted by Gasteiger charge is 2.25. The zero-order valence-electron chi connectivity index (χ0n) is 12.7. The fourth-order valence-corrected chi connectivity index (χ4v) is 3.46. The highest BCUT2D eigenvalue weighted by Crippen LogP contribution is 2.15. The number of rotatable bonds is 4. The zero-order chi connectivity index (χ0) is 15.5. The van der Waals surface area contributed by atoms with Gasteiger partial charge in [-0.05, 0) is 25.1 Å². The second kappa shape index (κ2) is 7.92. The molecule has 2 rings (SSSR count). The monoisotopic (exact) mass is 347 g/mol. The summed E-state index contributed by atoms with van der Waals surface area (Å²) in [5.74, 6) is -0.127. The average molecular weight is 348 g/mol. The Morgan fingerprint density at radius 2 is 2.18 bits per heavy atom. The first-order valence-electron chi connectivity index (χ1n) is 7.07. The predicted octanol–water partition coefficient (Wildman–Crippen LogP) is 0.841. The van der Waals surface area contributed by atoms with Crippen molar-refractivity contribution in [3.63, 3.8) is 0 Å². The number of carbonyl (C=O) groups is 1. The van der Waals surface area contributed by atoms with Gasteiger partial charge in [-0.3, -0.25) is 4.79 Å². The van der Waals surface area contributed by atoms with E-state index in [0.29, 0.717) is 18.7 Å². The molecule has 1 saturated heterocycles. The molecule has 8 heteroatoms. The van der Waals surface area contributed by atoms with Gasteiger partial charge in [-0.2, -0.15) is 0 Å². The molecule has 0 unspecified atom stereocenters. The lowest BCUT2D eigenvalue weighted by atomic mass is 10.1. The maximum atomic E-state index is 12.5. The molecule has 2 N–H and O–H groups in total. The molecule has 1 fully saturated rings. The summed E-state index contributed by atoms with van der Waals surface area (Å²) < 4.78 is 26.4. The Labute approximate surface area is 137 Å². The number of hydrogen-bond donors (Lipinski definition) is 2. The first-order valence-corrected chi connectivity index (χ1v) is 8.55. The van der Waals surface area contributed by atoms with Crippen LogP contribution in [0.2, 0.25) is 0 Å². The van der Waals surface area contributed by atoms with E-state index in [4.69, 9.17) is 0 Å². The number of benzene rings is 1. The third-order valence-corrected chi connectivity index (χ3v) is 5.03. The van der Waals surface area contributed by atoms with Crippen LogP contribution in [-0.4, -0.2) is 51.4 Å². The molecule has 22 heavy (non-hydrogen) atoms. The highest BCUT2D eigenvalue weighted by atomic mass is 35.5. The number of carbonyl (C=O) groups excluding carboxylic acids is 1. The SMILES string of the molecule is CCNS(=O)(=O)c1cccc(C(=O)N2CCNC[C@@H]2C)c1.Cl. The number of sulfonamides is 1. The van der Waals surface area contributed by atoms with Gasteiger partial charge in [-0.15, -0.1) is 12.4 Å². The van der Waals surface area contributed by atoms with Crippen LogP contribution in [0, 0.1) is 0 Å². The molecule has 0 bridgehead atoms. The Morgan fingerprint density at radius 3 is 2.82 bits per heavy atom. The third kappa shape index (κ3) is 4.19. The maximum absolute atomic E-state index is 12.5. The van der Waals surface area contributed by atoms with E-state index in [-0.39, 0.29) is 29.3 Å². The summed E-state index contributed by atoms with van der Waals surface area (Å²) in [5.41, 5.74) is 0.405. The number of amides is 1. The second-order valence-electron chi connectivity index (χ2n) is 5.08. The molecule has 0 saturated carbocycles. The van der Waals surface area contributed by atoms with Crippen molar-refractivity contribution in [3.05, 3.63) is 29.8 Å². The van der Waals surface area contributed by atoms with Crippen molar-refractivity contribution in [2.24, 2.45) is 0 Å². The molecule has 1 aliphatic heterocycles. The van der Waals surface area contributed by atoms with Crippen LogP contribution in [0.4, 0.5) is 0 Å². The fourth-order valence-electron chi connectivity index (χ4n) is 2.38. The summed E-state index contributed by atoms with van der Waals surface area (Å²) in [6.45, 7) is 6.14. The van der Waals surface area contributed by atoms with Crippen molar-refractivity contribution >= 4 is 28.3 Å². The van der Waals surface area contributed by atoms with E-state index in [2.05, 4.69) is 10.0 Å². The van der Waals surface area contributed by atoms with E-state index in [1.54, 1.807) is 24.0 Å². The summed E-state index contributed by atoms with van der Waals surface area (Å²) in [6, 6.07) is 6.29. The van der Waals surface area contributed by atoms with Crippen LogP contribution in [0.3, 0.4) is 0 Å². The van der Waals surface area contributed by atoms with Crippen LogP contribution in [0.1, 0.15) is 24.2 Å². The molecule has 0 aliphatic carbocycles. The lowest BCUT2D eigenvalue weighted by molar-refractivity contribution is 0.0655. The van der Waals surface area contributed by atoms with Crippen molar-refractivity contribution in [2.75, 3.05) is 26.2 Å². The van der Waals surface area contributed by atoms with E-state index < -0.39 is 10.0 Å². The van der Waals surface area contributed by atoms with Crippen LogP contribution in [0.15, 0.2) is 29.2 Å². The standard InChI is InChI=1S/C14H21N3O3S.ClH/c1-3-16-21(19,20)13-6-4-5-12(9-13)14(18)17-8-7-15-10-11(17)2;/h4-6,9,11,15-16H,3,7-8,10H2,1-2H3;1H/t11-;/m0./s1. The minimum atomic E-state index is -3.54. The van der Waals surface area contributed by atoms with Gasteiger partial charge in [-0.1, -0.05) is 13.0 Å². The molecule has 0 radical (unpaired) electrons. The number of nitrogens with one attached hydrogen (secondary N) is 2. The van der Waals surface area contributed by atoms with Crippen LogP contribution in [-0.2, 0) is 10.0 Å². The van der Waals surface area contributed by atoms with Crippen molar-refractivity contribution in [1.82, 2.24) is 14.9 Å². The molecule has 1 heterocycles. The van der Waals surface area contributed by atoms with Gasteiger partial charge in [0.1, 0.15) is 0 Å². The molecule has 1 aliphatic rings. The highest BCUT2D eigenvalue weighted by molar-refractivity contribution is 7.89. The van der Waals surface area contributed by atoms with Crippen molar-refractivity contribution in [2.45, 2.75) is 24.8 Å². The maximum Gasteiger partial charge on any atom is 0.254 e. The van der Waals surface area contributed by atoms with Gasteiger partial charge in [0.15, 0.2) is 0 Å². The Hall–Kier alpha value is -1.15. The molecule has 124 valence electrons. The third-order valence-electron chi connectivity index (χ3n) is 3.49. The van der Waals surface area contributed by atoms with Gasteiger partial charge in [-0.25, -0.2) is 13.1 Å². The van der Waals surface area contributed by atoms with E-state index >= 15 is 0 Å². The normalized spacial score (nSPS) is 18.6. The Morgan fingerprint density at radius 1 is 1.45 bits per heavy atom. The predicted molar refractivity (Wildman–Crippen MR) is 87.9 cm³/mol. The summed E-state index contributed by atoms with van der Waals surface area (Å²) >= 11 is 0. The molecule has 1 amide bonds. The average Bonchev–Trinajstić information content (AvgIpc) is 2.47. The van der Waals surface area contributed by atoms with E-state index in [1.165, 1.54) is 12.1 Å². The van der Waals surface area contributed by atoms with Gasteiger partial charge in [0, 0.05) is 37.8 Å². The first-order chi connectivity index (χ1) is 9.95. The number of halogens is 1. The Kier molecular flexibility index (Phi) is 6.80. The van der Waals surface area contributed by atoms with Crippen LogP contribution >= 0.6 is 12.4 Å².